The van der Waals surface area contributed by atoms with E-state index in [1.165, 1.54) is 32.1 Å². The summed E-state index contributed by atoms with van der Waals surface area (Å²) in [6.45, 7) is 9.64. The molecule has 1 aromatic rings. The van der Waals surface area contributed by atoms with Gasteiger partial charge in [0.05, 0.1) is 0 Å². The summed E-state index contributed by atoms with van der Waals surface area (Å²) < 4.78 is 0. The normalized spacial score (nSPS) is 24.4. The second-order valence-electron chi connectivity index (χ2n) is 6.79. The molecule has 1 aliphatic carbocycles. The summed E-state index contributed by atoms with van der Waals surface area (Å²) in [5, 5.41) is 0. The van der Waals surface area contributed by atoms with Crippen LogP contribution in [0.1, 0.15) is 70.9 Å². The maximum Gasteiger partial charge on any atom is -0.00700 e. The van der Waals surface area contributed by atoms with Gasteiger partial charge in [0.15, 0.2) is 0 Å². The van der Waals surface area contributed by atoms with Gasteiger partial charge < -0.3 is 0 Å². The van der Waals surface area contributed by atoms with Crippen LogP contribution >= 0.6 is 0 Å². The fourth-order valence-corrected chi connectivity index (χ4v) is 4.30. The zero-order chi connectivity index (χ0) is 13.9. The number of hydrogen-bond acceptors (Lipinski definition) is 0. The summed E-state index contributed by atoms with van der Waals surface area (Å²) in [7, 11) is 0. The quantitative estimate of drug-likeness (QED) is 0.645. The first kappa shape index (κ1) is 14.6. The highest BCUT2D eigenvalue weighted by Crippen LogP contribution is 2.46. The molecule has 0 aliphatic heterocycles. The topological polar surface area (TPSA) is 0 Å². The molecule has 0 amide bonds. The SMILES string of the molecule is CCc1ccccc1C(C)(C)C1CCCCC1CC. The summed E-state index contributed by atoms with van der Waals surface area (Å²) in [4.78, 5) is 0. The van der Waals surface area contributed by atoms with E-state index < -0.39 is 0 Å². The number of rotatable bonds is 4. The standard InChI is InChI=1S/C19H30/c1-5-15-11-7-9-13-17(15)19(3,4)18-14-10-8-12-16(18)6-2/h7,9,11,13,16,18H,5-6,8,10,12,14H2,1-4H3. The lowest BCUT2D eigenvalue weighted by atomic mass is 9.61. The fraction of sp³-hybridized carbons (Fsp3) is 0.684. The number of aryl methyl sites for hydroxylation is 1. The van der Waals surface area contributed by atoms with Crippen molar-refractivity contribution in [1.29, 1.82) is 0 Å². The molecule has 1 aromatic carbocycles. The molecule has 0 spiro atoms. The summed E-state index contributed by atoms with van der Waals surface area (Å²) in [5.41, 5.74) is 3.48. The van der Waals surface area contributed by atoms with E-state index in [0.717, 1.165) is 18.3 Å². The molecule has 0 radical (unpaired) electrons. The molecule has 2 unspecified atom stereocenters. The van der Waals surface area contributed by atoms with Crippen molar-refractivity contribution in [3.63, 3.8) is 0 Å². The fourth-order valence-electron chi connectivity index (χ4n) is 4.30. The lowest BCUT2D eigenvalue weighted by Gasteiger charge is -2.43. The van der Waals surface area contributed by atoms with Crippen LogP contribution in [0.5, 0.6) is 0 Å². The van der Waals surface area contributed by atoms with Crippen molar-refractivity contribution < 1.29 is 0 Å². The second kappa shape index (κ2) is 6.11. The smallest absolute Gasteiger partial charge is 0.00700 e. The van der Waals surface area contributed by atoms with Gasteiger partial charge in [-0.2, -0.15) is 0 Å². The Balaban J connectivity index is 2.34. The van der Waals surface area contributed by atoms with E-state index in [4.69, 9.17) is 0 Å². The largest absolute Gasteiger partial charge is 0.0651 e. The summed E-state index contributed by atoms with van der Waals surface area (Å²) in [6.07, 6.45) is 8.24. The number of hydrogen-bond donors (Lipinski definition) is 0. The molecule has 0 aromatic heterocycles. The lowest BCUT2D eigenvalue weighted by Crippen LogP contribution is -2.37. The maximum absolute atomic E-state index is 2.49. The van der Waals surface area contributed by atoms with Crippen LogP contribution in [0, 0.1) is 11.8 Å². The Hall–Kier alpha value is -0.780. The van der Waals surface area contributed by atoms with Crippen LogP contribution in [-0.4, -0.2) is 0 Å². The van der Waals surface area contributed by atoms with Gasteiger partial charge in [0, 0.05) is 0 Å². The average Bonchev–Trinajstić information content (AvgIpc) is 2.47. The van der Waals surface area contributed by atoms with Crippen LogP contribution < -0.4 is 0 Å². The van der Waals surface area contributed by atoms with Gasteiger partial charge in [0.1, 0.15) is 0 Å². The first-order valence-corrected chi connectivity index (χ1v) is 8.19. The van der Waals surface area contributed by atoms with E-state index in [9.17, 15) is 0 Å². The Kier molecular flexibility index (Phi) is 4.71. The molecule has 106 valence electrons. The lowest BCUT2D eigenvalue weighted by molar-refractivity contribution is 0.146. The monoisotopic (exact) mass is 258 g/mol. The van der Waals surface area contributed by atoms with Gasteiger partial charge >= 0.3 is 0 Å². The molecule has 0 N–H and O–H groups in total. The van der Waals surface area contributed by atoms with E-state index in [0.29, 0.717) is 5.41 Å². The molecular weight excluding hydrogens is 228 g/mol. The van der Waals surface area contributed by atoms with Gasteiger partial charge in [0.25, 0.3) is 0 Å². The predicted octanol–water partition coefficient (Wildman–Crippen LogP) is 5.74. The van der Waals surface area contributed by atoms with Gasteiger partial charge in [0.2, 0.25) is 0 Å². The van der Waals surface area contributed by atoms with Crippen molar-refractivity contribution >= 4 is 0 Å². The molecule has 0 nitrogen and oxygen atoms in total. The number of benzene rings is 1. The van der Waals surface area contributed by atoms with Crippen molar-refractivity contribution in [2.45, 2.75) is 71.6 Å². The first-order valence-electron chi connectivity index (χ1n) is 8.19. The molecule has 1 fully saturated rings. The Morgan fingerprint density at radius 1 is 1.05 bits per heavy atom. The molecular formula is C19H30. The van der Waals surface area contributed by atoms with Crippen molar-refractivity contribution in [2.24, 2.45) is 11.8 Å². The Bertz CT molecular complexity index is 402. The third-order valence-electron chi connectivity index (χ3n) is 5.45. The Labute approximate surface area is 119 Å². The minimum absolute atomic E-state index is 0.327. The molecule has 0 heteroatoms. The van der Waals surface area contributed by atoms with E-state index in [-0.39, 0.29) is 0 Å². The van der Waals surface area contributed by atoms with Gasteiger partial charge in [-0.3, -0.25) is 0 Å². The second-order valence-corrected chi connectivity index (χ2v) is 6.79. The molecule has 0 bridgehead atoms. The van der Waals surface area contributed by atoms with Crippen LogP contribution in [-0.2, 0) is 11.8 Å². The van der Waals surface area contributed by atoms with E-state index >= 15 is 0 Å². The molecule has 0 heterocycles. The van der Waals surface area contributed by atoms with Crippen LogP contribution in [0.4, 0.5) is 0 Å². The van der Waals surface area contributed by atoms with Crippen molar-refractivity contribution in [2.75, 3.05) is 0 Å². The van der Waals surface area contributed by atoms with Gasteiger partial charge in [-0.1, -0.05) is 77.6 Å². The molecule has 1 aliphatic rings. The van der Waals surface area contributed by atoms with Crippen LogP contribution in [0.2, 0.25) is 0 Å². The maximum atomic E-state index is 2.49. The molecule has 2 rings (SSSR count). The summed E-state index contributed by atoms with van der Waals surface area (Å²) in [6, 6.07) is 9.11. The van der Waals surface area contributed by atoms with Crippen molar-refractivity contribution in [1.82, 2.24) is 0 Å². The molecule has 0 saturated heterocycles. The summed E-state index contributed by atoms with van der Waals surface area (Å²) in [5.74, 6) is 1.78. The van der Waals surface area contributed by atoms with Crippen molar-refractivity contribution in [3.05, 3.63) is 35.4 Å². The summed E-state index contributed by atoms with van der Waals surface area (Å²) >= 11 is 0. The predicted molar refractivity (Wildman–Crippen MR) is 84.6 cm³/mol. The third-order valence-corrected chi connectivity index (χ3v) is 5.45. The first-order chi connectivity index (χ1) is 9.11. The van der Waals surface area contributed by atoms with Crippen LogP contribution in [0.25, 0.3) is 0 Å². The highest BCUT2D eigenvalue weighted by molar-refractivity contribution is 5.34. The highest BCUT2D eigenvalue weighted by Gasteiger charge is 2.38. The molecule has 1 saturated carbocycles. The zero-order valence-corrected chi connectivity index (χ0v) is 13.2. The highest BCUT2D eigenvalue weighted by atomic mass is 14.4. The minimum Gasteiger partial charge on any atom is -0.0651 e. The third kappa shape index (κ3) is 2.88. The molecule has 2 atom stereocenters. The minimum atomic E-state index is 0.327. The van der Waals surface area contributed by atoms with E-state index in [1.807, 2.05) is 0 Å². The Morgan fingerprint density at radius 3 is 2.42 bits per heavy atom. The van der Waals surface area contributed by atoms with Crippen molar-refractivity contribution in [3.8, 4) is 0 Å². The zero-order valence-electron chi connectivity index (χ0n) is 13.2. The van der Waals surface area contributed by atoms with Gasteiger partial charge in [-0.05, 0) is 41.2 Å². The van der Waals surface area contributed by atoms with Gasteiger partial charge in [-0.15, -0.1) is 0 Å². The van der Waals surface area contributed by atoms with E-state index in [2.05, 4.69) is 52.0 Å². The Morgan fingerprint density at radius 2 is 1.74 bits per heavy atom. The van der Waals surface area contributed by atoms with Gasteiger partial charge in [-0.25, -0.2) is 0 Å². The van der Waals surface area contributed by atoms with Crippen LogP contribution in [0.15, 0.2) is 24.3 Å². The van der Waals surface area contributed by atoms with Crippen LogP contribution in [0.3, 0.4) is 0 Å². The van der Waals surface area contributed by atoms with E-state index in [1.54, 1.807) is 11.1 Å². The molecule has 19 heavy (non-hydrogen) atoms. The average molecular weight is 258 g/mol.